The Morgan fingerprint density at radius 3 is 2.84 bits per heavy atom. The Labute approximate surface area is 106 Å². The van der Waals surface area contributed by atoms with Crippen LogP contribution < -0.4 is 10.3 Å². The van der Waals surface area contributed by atoms with E-state index in [1.165, 1.54) is 30.1 Å². The molecule has 98 valence electrons. The molecule has 0 bridgehead atoms. The number of carboxylic acid groups (broad SMARTS) is 1. The zero-order valence-corrected chi connectivity index (χ0v) is 9.83. The van der Waals surface area contributed by atoms with Crippen molar-refractivity contribution in [2.75, 3.05) is 0 Å². The second-order valence-electron chi connectivity index (χ2n) is 3.70. The zero-order chi connectivity index (χ0) is 14.0. The lowest BCUT2D eigenvalue weighted by molar-refractivity contribution is 0.0692. The molecule has 0 spiro atoms. The van der Waals surface area contributed by atoms with Gasteiger partial charge in [0.1, 0.15) is 11.6 Å². The maximum Gasteiger partial charge on any atom is 0.338 e. The molecule has 0 aliphatic heterocycles. The number of aryl methyl sites for hydroxylation is 1. The summed E-state index contributed by atoms with van der Waals surface area (Å²) in [7, 11) is 1.52. The normalized spacial score (nSPS) is 10.2. The number of hydrogen-bond acceptors (Lipinski definition) is 4. The molecule has 0 saturated heterocycles. The van der Waals surface area contributed by atoms with Gasteiger partial charge in [-0.05, 0) is 12.1 Å². The topological polar surface area (TPSA) is 81.4 Å². The first kappa shape index (κ1) is 12.7. The van der Waals surface area contributed by atoms with Gasteiger partial charge in [0, 0.05) is 25.5 Å². The monoisotopic (exact) mass is 264 g/mol. The molecular weight excluding hydrogens is 255 g/mol. The molecule has 0 unspecified atom stereocenters. The van der Waals surface area contributed by atoms with E-state index in [0.717, 1.165) is 12.1 Å². The van der Waals surface area contributed by atoms with Crippen LogP contribution >= 0.6 is 0 Å². The molecule has 0 aliphatic carbocycles. The van der Waals surface area contributed by atoms with Gasteiger partial charge in [0.2, 0.25) is 0 Å². The summed E-state index contributed by atoms with van der Waals surface area (Å²) in [5, 5.41) is 8.68. The van der Waals surface area contributed by atoms with Gasteiger partial charge in [-0.2, -0.15) is 0 Å². The quantitative estimate of drug-likeness (QED) is 0.906. The Balaban J connectivity index is 2.34. The van der Waals surface area contributed by atoms with Crippen molar-refractivity contribution >= 4 is 5.97 Å². The second kappa shape index (κ2) is 4.89. The summed E-state index contributed by atoms with van der Waals surface area (Å²) in [6.07, 6.45) is 2.81. The molecule has 0 aliphatic rings. The van der Waals surface area contributed by atoms with E-state index in [4.69, 9.17) is 9.84 Å². The van der Waals surface area contributed by atoms with Crippen LogP contribution in [0.25, 0.3) is 0 Å². The molecule has 0 amide bonds. The third-order valence-electron chi connectivity index (χ3n) is 2.37. The molecule has 6 nitrogen and oxygen atoms in total. The molecule has 0 fully saturated rings. The predicted molar refractivity (Wildman–Crippen MR) is 62.9 cm³/mol. The minimum Gasteiger partial charge on any atom is -0.478 e. The maximum absolute atomic E-state index is 13.4. The molecular formula is C12H9FN2O4. The van der Waals surface area contributed by atoms with Crippen LogP contribution in [0.3, 0.4) is 0 Å². The van der Waals surface area contributed by atoms with Crippen LogP contribution in [0, 0.1) is 5.82 Å². The molecule has 7 heteroatoms. The van der Waals surface area contributed by atoms with Crippen molar-refractivity contribution in [3.05, 3.63) is 52.3 Å². The van der Waals surface area contributed by atoms with E-state index in [1.807, 2.05) is 0 Å². The van der Waals surface area contributed by atoms with Gasteiger partial charge in [0.15, 0.2) is 0 Å². The van der Waals surface area contributed by atoms with E-state index >= 15 is 0 Å². The first-order valence-electron chi connectivity index (χ1n) is 5.21. The number of halogens is 1. The average molecular weight is 264 g/mol. The zero-order valence-electron chi connectivity index (χ0n) is 9.83. The highest BCUT2D eigenvalue weighted by molar-refractivity contribution is 5.88. The molecule has 2 aromatic rings. The summed E-state index contributed by atoms with van der Waals surface area (Å²) in [4.78, 5) is 26.0. The van der Waals surface area contributed by atoms with Crippen LogP contribution in [0.4, 0.5) is 4.39 Å². The van der Waals surface area contributed by atoms with E-state index in [0.29, 0.717) is 0 Å². The number of carbonyl (C=O) groups is 1. The molecule has 19 heavy (non-hydrogen) atoms. The highest BCUT2D eigenvalue weighted by Gasteiger charge is 2.12. The highest BCUT2D eigenvalue weighted by Crippen LogP contribution is 2.20. The number of benzene rings is 1. The number of aromatic nitrogens is 2. The van der Waals surface area contributed by atoms with Crippen molar-refractivity contribution in [2.45, 2.75) is 0 Å². The largest absolute Gasteiger partial charge is 0.478 e. The summed E-state index contributed by atoms with van der Waals surface area (Å²) >= 11 is 0. The van der Waals surface area contributed by atoms with Crippen LogP contribution in [-0.4, -0.2) is 20.6 Å². The number of ether oxygens (including phenoxy) is 1. The van der Waals surface area contributed by atoms with Crippen LogP contribution in [0.1, 0.15) is 10.4 Å². The van der Waals surface area contributed by atoms with Gasteiger partial charge in [-0.3, -0.25) is 4.79 Å². The number of aromatic carboxylic acids is 1. The molecule has 2 rings (SSSR count). The van der Waals surface area contributed by atoms with Crippen molar-refractivity contribution in [1.82, 2.24) is 9.55 Å². The Hall–Kier alpha value is -2.70. The van der Waals surface area contributed by atoms with E-state index in [1.54, 1.807) is 0 Å². The lowest BCUT2D eigenvalue weighted by Gasteiger charge is -2.06. The Morgan fingerprint density at radius 1 is 1.47 bits per heavy atom. The fraction of sp³-hybridized carbons (Fsp3) is 0.0833. The Bertz CT molecular complexity index is 696. The fourth-order valence-electron chi connectivity index (χ4n) is 1.39. The molecule has 1 aromatic heterocycles. The molecule has 1 aromatic carbocycles. The summed E-state index contributed by atoms with van der Waals surface area (Å²) in [5.41, 5.74) is -0.952. The maximum atomic E-state index is 13.4. The third kappa shape index (κ3) is 2.59. The van der Waals surface area contributed by atoms with Crippen molar-refractivity contribution in [3.8, 4) is 11.6 Å². The van der Waals surface area contributed by atoms with Crippen molar-refractivity contribution in [2.24, 2.45) is 7.05 Å². The third-order valence-corrected chi connectivity index (χ3v) is 2.37. The van der Waals surface area contributed by atoms with Crippen LogP contribution in [0.2, 0.25) is 0 Å². The van der Waals surface area contributed by atoms with Crippen molar-refractivity contribution in [3.63, 3.8) is 0 Å². The summed E-state index contributed by atoms with van der Waals surface area (Å²) in [6.45, 7) is 0. The molecule has 0 atom stereocenters. The van der Waals surface area contributed by atoms with E-state index in [9.17, 15) is 14.0 Å². The first-order chi connectivity index (χ1) is 8.99. The number of rotatable bonds is 3. The average Bonchev–Trinajstić information content (AvgIpc) is 2.34. The minimum atomic E-state index is -1.38. The second-order valence-corrected chi connectivity index (χ2v) is 3.70. The van der Waals surface area contributed by atoms with Gasteiger partial charge < -0.3 is 14.4 Å². The fourth-order valence-corrected chi connectivity index (χ4v) is 1.39. The smallest absolute Gasteiger partial charge is 0.338 e. The van der Waals surface area contributed by atoms with Crippen molar-refractivity contribution < 1.29 is 19.0 Å². The van der Waals surface area contributed by atoms with Gasteiger partial charge in [-0.25, -0.2) is 14.2 Å². The minimum absolute atomic E-state index is 0.00157. The lowest BCUT2D eigenvalue weighted by Crippen LogP contribution is -2.18. The predicted octanol–water partition coefficient (Wildman–Crippen LogP) is 1.41. The molecule has 1 heterocycles. The van der Waals surface area contributed by atoms with Crippen LogP contribution in [-0.2, 0) is 7.05 Å². The van der Waals surface area contributed by atoms with E-state index < -0.39 is 22.9 Å². The van der Waals surface area contributed by atoms with E-state index in [-0.39, 0.29) is 11.6 Å². The van der Waals surface area contributed by atoms with Crippen LogP contribution in [0.5, 0.6) is 11.6 Å². The SMILES string of the molecule is Cn1ccnc(Oc2ccc(C(=O)O)c(F)c2)c1=O. The molecule has 0 saturated carbocycles. The standard InChI is InChI=1S/C12H9FN2O4/c1-15-5-4-14-10(11(15)16)19-7-2-3-8(12(17)18)9(13)6-7/h2-6H,1H3,(H,17,18). The highest BCUT2D eigenvalue weighted by atomic mass is 19.1. The number of carboxylic acids is 1. The summed E-state index contributed by atoms with van der Waals surface area (Å²) in [5.74, 6) is -2.54. The molecule has 1 N–H and O–H groups in total. The van der Waals surface area contributed by atoms with Gasteiger partial charge in [-0.1, -0.05) is 0 Å². The number of hydrogen-bond donors (Lipinski definition) is 1. The van der Waals surface area contributed by atoms with Gasteiger partial charge in [0.05, 0.1) is 5.56 Å². The van der Waals surface area contributed by atoms with Gasteiger partial charge in [0.25, 0.3) is 5.88 Å². The Kier molecular flexibility index (Phi) is 3.28. The number of nitrogens with zero attached hydrogens (tertiary/aromatic N) is 2. The van der Waals surface area contributed by atoms with Gasteiger partial charge in [-0.15, -0.1) is 0 Å². The summed E-state index contributed by atoms with van der Waals surface area (Å²) in [6, 6.07) is 3.19. The first-order valence-corrected chi connectivity index (χ1v) is 5.21. The van der Waals surface area contributed by atoms with Gasteiger partial charge >= 0.3 is 11.5 Å². The molecule has 0 radical (unpaired) electrons. The summed E-state index contributed by atoms with van der Waals surface area (Å²) < 4.78 is 19.8. The lowest BCUT2D eigenvalue weighted by atomic mass is 10.2. The van der Waals surface area contributed by atoms with E-state index in [2.05, 4.69) is 4.98 Å². The Morgan fingerprint density at radius 2 is 2.21 bits per heavy atom. The van der Waals surface area contributed by atoms with Crippen molar-refractivity contribution in [1.29, 1.82) is 0 Å². The van der Waals surface area contributed by atoms with Crippen LogP contribution in [0.15, 0.2) is 35.4 Å².